The van der Waals surface area contributed by atoms with E-state index in [1.54, 1.807) is 12.3 Å². The van der Waals surface area contributed by atoms with E-state index in [1.807, 2.05) is 5.38 Å². The van der Waals surface area contributed by atoms with Crippen LogP contribution >= 0.6 is 11.3 Å². The molecule has 3 nitrogen and oxygen atoms in total. The van der Waals surface area contributed by atoms with Gasteiger partial charge in [-0.3, -0.25) is 4.79 Å². The van der Waals surface area contributed by atoms with Crippen LogP contribution in [0.5, 0.6) is 0 Å². The normalized spacial score (nSPS) is 9.85. The van der Waals surface area contributed by atoms with Gasteiger partial charge in [0.15, 0.2) is 5.78 Å². The average Bonchev–Trinajstić information content (AvgIpc) is 2.57. The summed E-state index contributed by atoms with van der Waals surface area (Å²) in [5.74, 6) is 0.164. The first-order valence-electron chi connectivity index (χ1n) is 4.04. The Morgan fingerprint density at radius 2 is 2.62 bits per heavy atom. The third-order valence-corrected chi connectivity index (χ3v) is 2.22. The van der Waals surface area contributed by atoms with E-state index in [-0.39, 0.29) is 5.78 Å². The van der Waals surface area contributed by atoms with Crippen LogP contribution in [0.2, 0.25) is 0 Å². The molecule has 4 heteroatoms. The number of nitrogens with zero attached hydrogens (tertiary/aromatic N) is 1. The van der Waals surface area contributed by atoms with Crippen molar-refractivity contribution < 1.29 is 4.79 Å². The number of thiazole rings is 1. The van der Waals surface area contributed by atoms with E-state index in [0.29, 0.717) is 19.5 Å². The molecule has 0 bridgehead atoms. The van der Waals surface area contributed by atoms with Gasteiger partial charge in [-0.25, -0.2) is 4.98 Å². The van der Waals surface area contributed by atoms with Crippen LogP contribution in [0.4, 0.5) is 0 Å². The lowest BCUT2D eigenvalue weighted by atomic mass is 10.3. The van der Waals surface area contributed by atoms with Crippen LogP contribution in [0.1, 0.15) is 5.01 Å². The molecule has 0 atom stereocenters. The van der Waals surface area contributed by atoms with E-state index >= 15 is 0 Å². The zero-order chi connectivity index (χ0) is 9.52. The summed E-state index contributed by atoms with van der Waals surface area (Å²) in [5.41, 5.74) is 0. The van der Waals surface area contributed by atoms with Gasteiger partial charge in [0.1, 0.15) is 0 Å². The third-order valence-electron chi connectivity index (χ3n) is 1.44. The second-order valence-corrected chi connectivity index (χ2v) is 3.54. The fourth-order valence-electron chi connectivity index (χ4n) is 0.885. The quantitative estimate of drug-likeness (QED) is 0.546. The van der Waals surface area contributed by atoms with Crippen molar-refractivity contribution in [2.24, 2.45) is 0 Å². The van der Waals surface area contributed by atoms with E-state index in [1.165, 1.54) is 11.3 Å². The molecule has 0 amide bonds. The zero-order valence-electron chi connectivity index (χ0n) is 7.32. The van der Waals surface area contributed by atoms with Crippen molar-refractivity contribution in [1.29, 1.82) is 0 Å². The first-order chi connectivity index (χ1) is 6.33. The maximum Gasteiger partial charge on any atom is 0.153 e. The Morgan fingerprint density at radius 1 is 1.77 bits per heavy atom. The van der Waals surface area contributed by atoms with Crippen LogP contribution in [-0.4, -0.2) is 23.9 Å². The second-order valence-electron chi connectivity index (χ2n) is 2.56. The van der Waals surface area contributed by atoms with Crippen LogP contribution < -0.4 is 5.32 Å². The number of carbonyl (C=O) groups is 1. The summed E-state index contributed by atoms with van der Waals surface area (Å²) in [6, 6.07) is 0. The van der Waals surface area contributed by atoms with E-state index < -0.39 is 0 Å². The number of ketones is 1. The molecule has 0 aliphatic carbocycles. The highest BCUT2D eigenvalue weighted by molar-refractivity contribution is 7.09. The number of Topliss-reactive ketones (excluding diaryl/α,β-unsaturated/α-hetero) is 1. The molecule has 1 aromatic heterocycles. The summed E-state index contributed by atoms with van der Waals surface area (Å²) in [4.78, 5) is 15.3. The minimum Gasteiger partial charge on any atom is -0.307 e. The Labute approximate surface area is 81.5 Å². The summed E-state index contributed by atoms with van der Waals surface area (Å²) in [6.45, 7) is 4.61. The number of nitrogens with one attached hydrogen (secondary N) is 1. The van der Waals surface area contributed by atoms with Gasteiger partial charge < -0.3 is 5.32 Å². The summed E-state index contributed by atoms with van der Waals surface area (Å²) < 4.78 is 0. The van der Waals surface area contributed by atoms with Crippen LogP contribution in [0.25, 0.3) is 0 Å². The van der Waals surface area contributed by atoms with Crippen molar-refractivity contribution >= 4 is 17.1 Å². The van der Waals surface area contributed by atoms with Gasteiger partial charge in [-0.1, -0.05) is 6.08 Å². The van der Waals surface area contributed by atoms with Gasteiger partial charge in [0, 0.05) is 18.1 Å². The molecular weight excluding hydrogens is 184 g/mol. The molecule has 0 aliphatic heterocycles. The Balaban J connectivity index is 2.22. The molecule has 1 heterocycles. The van der Waals surface area contributed by atoms with Crippen molar-refractivity contribution in [3.63, 3.8) is 0 Å². The number of hydrogen-bond acceptors (Lipinski definition) is 4. The lowest BCUT2D eigenvalue weighted by Crippen LogP contribution is -2.24. The maximum atomic E-state index is 11.3. The summed E-state index contributed by atoms with van der Waals surface area (Å²) in [6.07, 6.45) is 3.88. The summed E-state index contributed by atoms with van der Waals surface area (Å²) in [5, 5.41) is 5.71. The van der Waals surface area contributed by atoms with E-state index in [9.17, 15) is 4.79 Å². The molecule has 70 valence electrons. The first kappa shape index (κ1) is 10.1. The van der Waals surface area contributed by atoms with Gasteiger partial charge in [0.05, 0.1) is 18.0 Å². The fourth-order valence-corrected chi connectivity index (χ4v) is 1.53. The highest BCUT2D eigenvalue weighted by atomic mass is 32.1. The lowest BCUT2D eigenvalue weighted by Gasteiger charge is -1.98. The highest BCUT2D eigenvalue weighted by Crippen LogP contribution is 2.04. The molecule has 0 unspecified atom stereocenters. The van der Waals surface area contributed by atoms with Crippen molar-refractivity contribution in [2.75, 3.05) is 13.1 Å². The number of rotatable bonds is 6. The summed E-state index contributed by atoms with van der Waals surface area (Å²) >= 11 is 1.51. The van der Waals surface area contributed by atoms with E-state index in [4.69, 9.17) is 0 Å². The minimum absolute atomic E-state index is 0.164. The Kier molecular flexibility index (Phi) is 4.35. The fraction of sp³-hybridized carbons (Fsp3) is 0.333. The second kappa shape index (κ2) is 5.61. The van der Waals surface area contributed by atoms with Gasteiger partial charge in [-0.15, -0.1) is 17.9 Å². The van der Waals surface area contributed by atoms with Crippen molar-refractivity contribution in [1.82, 2.24) is 10.3 Å². The standard InChI is InChI=1S/C9H12N2OS/c1-2-3-10-7-8(12)6-9-11-4-5-13-9/h2,4-5,10H,1,3,6-7H2. The molecule has 0 aromatic carbocycles. The molecular formula is C9H12N2OS. The number of aromatic nitrogens is 1. The highest BCUT2D eigenvalue weighted by Gasteiger charge is 2.03. The molecule has 0 fully saturated rings. The van der Waals surface area contributed by atoms with Crippen molar-refractivity contribution in [2.45, 2.75) is 6.42 Å². The Morgan fingerprint density at radius 3 is 3.23 bits per heavy atom. The number of carbonyl (C=O) groups excluding carboxylic acids is 1. The predicted molar refractivity (Wildman–Crippen MR) is 53.9 cm³/mol. The van der Waals surface area contributed by atoms with Crippen LogP contribution in [0, 0.1) is 0 Å². The van der Waals surface area contributed by atoms with E-state index in [2.05, 4.69) is 16.9 Å². The first-order valence-corrected chi connectivity index (χ1v) is 4.92. The molecule has 0 aliphatic rings. The SMILES string of the molecule is C=CCNCC(=O)Cc1nccs1. The monoisotopic (exact) mass is 196 g/mol. The Bertz CT molecular complexity index is 269. The molecule has 13 heavy (non-hydrogen) atoms. The van der Waals surface area contributed by atoms with E-state index in [0.717, 1.165) is 5.01 Å². The van der Waals surface area contributed by atoms with Gasteiger partial charge >= 0.3 is 0 Å². The lowest BCUT2D eigenvalue weighted by molar-refractivity contribution is -0.117. The third kappa shape index (κ3) is 3.96. The molecule has 0 radical (unpaired) electrons. The van der Waals surface area contributed by atoms with Gasteiger partial charge in [0.2, 0.25) is 0 Å². The topological polar surface area (TPSA) is 42.0 Å². The predicted octanol–water partition coefficient (Wildman–Crippen LogP) is 1.03. The largest absolute Gasteiger partial charge is 0.307 e. The Hall–Kier alpha value is -1.000. The van der Waals surface area contributed by atoms with Crippen LogP contribution in [0.3, 0.4) is 0 Å². The van der Waals surface area contributed by atoms with Crippen molar-refractivity contribution in [3.05, 3.63) is 29.2 Å². The zero-order valence-corrected chi connectivity index (χ0v) is 8.14. The molecule has 0 saturated carbocycles. The smallest absolute Gasteiger partial charge is 0.153 e. The minimum atomic E-state index is 0.164. The maximum absolute atomic E-state index is 11.3. The average molecular weight is 196 g/mol. The van der Waals surface area contributed by atoms with Gasteiger partial charge in [0.25, 0.3) is 0 Å². The van der Waals surface area contributed by atoms with Crippen LogP contribution in [0.15, 0.2) is 24.2 Å². The van der Waals surface area contributed by atoms with Crippen LogP contribution in [-0.2, 0) is 11.2 Å². The van der Waals surface area contributed by atoms with Gasteiger partial charge in [-0.2, -0.15) is 0 Å². The molecule has 0 saturated heterocycles. The molecule has 1 aromatic rings. The van der Waals surface area contributed by atoms with Crippen molar-refractivity contribution in [3.8, 4) is 0 Å². The number of hydrogen-bond donors (Lipinski definition) is 1. The molecule has 1 rings (SSSR count). The van der Waals surface area contributed by atoms with Gasteiger partial charge in [-0.05, 0) is 0 Å². The summed E-state index contributed by atoms with van der Waals surface area (Å²) in [7, 11) is 0. The molecule has 0 spiro atoms. The molecule has 1 N–H and O–H groups in total.